The summed E-state index contributed by atoms with van der Waals surface area (Å²) in [5.74, 6) is -0.696. The summed E-state index contributed by atoms with van der Waals surface area (Å²) in [5.41, 5.74) is 5.96. The number of rotatable bonds is 2. The van der Waals surface area contributed by atoms with E-state index in [1.54, 1.807) is 4.90 Å². The van der Waals surface area contributed by atoms with Crippen LogP contribution in [0.1, 0.15) is 37.3 Å². The summed E-state index contributed by atoms with van der Waals surface area (Å²) in [7, 11) is 0. The average Bonchev–Trinajstić information content (AvgIpc) is 3.04. The van der Waals surface area contributed by atoms with Crippen molar-refractivity contribution < 1.29 is 18.0 Å². The molecule has 1 aliphatic heterocycles. The fraction of sp³-hybridized carbons (Fsp3) is 0.769. The molecule has 0 unspecified atom stereocenters. The molecule has 0 bridgehead atoms. The van der Waals surface area contributed by atoms with Crippen molar-refractivity contribution in [1.82, 2.24) is 19.7 Å². The van der Waals surface area contributed by atoms with Crippen molar-refractivity contribution >= 4 is 5.91 Å². The van der Waals surface area contributed by atoms with Gasteiger partial charge in [-0.1, -0.05) is 6.42 Å². The number of amides is 1. The van der Waals surface area contributed by atoms with Crippen LogP contribution in [0.2, 0.25) is 0 Å². The topological polar surface area (TPSA) is 77.0 Å². The first kappa shape index (κ1) is 15.3. The van der Waals surface area contributed by atoms with Crippen molar-refractivity contribution in [1.29, 1.82) is 0 Å². The van der Waals surface area contributed by atoms with Crippen molar-refractivity contribution in [3.8, 4) is 0 Å². The van der Waals surface area contributed by atoms with Crippen LogP contribution in [0.3, 0.4) is 0 Å². The monoisotopic (exact) mass is 317 g/mol. The van der Waals surface area contributed by atoms with Gasteiger partial charge >= 0.3 is 6.18 Å². The van der Waals surface area contributed by atoms with Gasteiger partial charge in [0, 0.05) is 25.6 Å². The van der Waals surface area contributed by atoms with Gasteiger partial charge in [0.2, 0.25) is 11.7 Å². The van der Waals surface area contributed by atoms with Crippen LogP contribution in [0.4, 0.5) is 13.2 Å². The van der Waals surface area contributed by atoms with Crippen LogP contribution in [-0.4, -0.2) is 38.2 Å². The minimum absolute atomic E-state index is 0.0502. The molecule has 122 valence electrons. The standard InChI is InChI=1S/C13H18F3N5O/c14-13(15,16)12-19-18-10-7-20(4-5-21(10)12)11(22)6-8-2-1-3-9(8)17/h8-9H,1-7,17H2/t8-,9+/m0/s1. The van der Waals surface area contributed by atoms with Gasteiger partial charge < -0.3 is 15.2 Å². The second-order valence-corrected chi connectivity index (χ2v) is 5.96. The zero-order valence-corrected chi connectivity index (χ0v) is 12.0. The SMILES string of the molecule is N[C@@H]1CCC[C@H]1CC(=O)N1CCn2c(nnc2C(F)(F)F)C1. The molecule has 2 atom stereocenters. The lowest BCUT2D eigenvalue weighted by Gasteiger charge is -2.29. The van der Waals surface area contributed by atoms with Crippen LogP contribution < -0.4 is 5.73 Å². The fourth-order valence-corrected chi connectivity index (χ4v) is 3.25. The number of carbonyl (C=O) groups is 1. The quantitative estimate of drug-likeness (QED) is 0.888. The van der Waals surface area contributed by atoms with Gasteiger partial charge in [0.1, 0.15) is 0 Å². The van der Waals surface area contributed by atoms with Crippen LogP contribution in [0, 0.1) is 5.92 Å². The molecule has 1 aliphatic carbocycles. The highest BCUT2D eigenvalue weighted by Gasteiger charge is 2.40. The Bertz CT molecular complexity index is 571. The molecule has 22 heavy (non-hydrogen) atoms. The smallest absolute Gasteiger partial charge is 0.333 e. The Morgan fingerprint density at radius 3 is 2.68 bits per heavy atom. The second-order valence-electron chi connectivity index (χ2n) is 5.96. The van der Waals surface area contributed by atoms with E-state index in [0.29, 0.717) is 6.42 Å². The molecule has 0 spiro atoms. The molecular formula is C13H18F3N5O. The Morgan fingerprint density at radius 2 is 2.05 bits per heavy atom. The minimum Gasteiger partial charge on any atom is -0.333 e. The van der Waals surface area contributed by atoms with Crippen molar-refractivity contribution in [2.45, 2.75) is 51.0 Å². The maximum atomic E-state index is 12.8. The van der Waals surface area contributed by atoms with E-state index in [1.807, 2.05) is 0 Å². The predicted molar refractivity (Wildman–Crippen MR) is 70.4 cm³/mol. The maximum Gasteiger partial charge on any atom is 0.451 e. The average molecular weight is 317 g/mol. The maximum absolute atomic E-state index is 12.8. The van der Waals surface area contributed by atoms with Crippen LogP contribution in [0.15, 0.2) is 0 Å². The molecule has 2 heterocycles. The number of fused-ring (bicyclic) bond motifs is 1. The molecule has 3 rings (SSSR count). The normalized spacial score (nSPS) is 25.4. The van der Waals surface area contributed by atoms with Gasteiger partial charge in [-0.15, -0.1) is 10.2 Å². The van der Waals surface area contributed by atoms with Crippen molar-refractivity contribution in [3.63, 3.8) is 0 Å². The molecule has 1 fully saturated rings. The Labute approximate surface area is 125 Å². The highest BCUT2D eigenvalue weighted by molar-refractivity contribution is 5.76. The molecular weight excluding hydrogens is 299 g/mol. The molecule has 1 aromatic heterocycles. The van der Waals surface area contributed by atoms with E-state index in [2.05, 4.69) is 10.2 Å². The first-order valence-electron chi connectivity index (χ1n) is 7.39. The molecule has 1 saturated carbocycles. The second kappa shape index (κ2) is 5.53. The summed E-state index contributed by atoms with van der Waals surface area (Å²) in [4.78, 5) is 13.9. The zero-order valence-electron chi connectivity index (χ0n) is 12.0. The lowest BCUT2D eigenvalue weighted by molar-refractivity contribution is -0.148. The highest BCUT2D eigenvalue weighted by atomic mass is 19.4. The molecule has 1 amide bonds. The first-order valence-corrected chi connectivity index (χ1v) is 7.39. The first-order chi connectivity index (χ1) is 10.4. The Balaban J connectivity index is 1.67. The Kier molecular flexibility index (Phi) is 3.84. The number of nitrogens with zero attached hydrogens (tertiary/aromatic N) is 4. The van der Waals surface area contributed by atoms with Gasteiger partial charge in [-0.2, -0.15) is 13.2 Å². The third-order valence-electron chi connectivity index (χ3n) is 4.51. The highest BCUT2D eigenvalue weighted by Crippen LogP contribution is 2.30. The van der Waals surface area contributed by atoms with Gasteiger partial charge in [0.15, 0.2) is 5.82 Å². The molecule has 2 aliphatic rings. The van der Waals surface area contributed by atoms with E-state index in [-0.39, 0.29) is 43.3 Å². The summed E-state index contributed by atoms with van der Waals surface area (Å²) < 4.78 is 39.3. The van der Waals surface area contributed by atoms with E-state index in [4.69, 9.17) is 5.73 Å². The van der Waals surface area contributed by atoms with E-state index in [9.17, 15) is 18.0 Å². The van der Waals surface area contributed by atoms with Crippen molar-refractivity contribution in [2.75, 3.05) is 6.54 Å². The number of carbonyl (C=O) groups excluding carboxylic acids is 1. The molecule has 1 aromatic rings. The lowest BCUT2D eigenvalue weighted by atomic mass is 9.99. The summed E-state index contributed by atoms with van der Waals surface area (Å²) in [5, 5.41) is 6.79. The number of alkyl halides is 3. The number of hydrogen-bond donors (Lipinski definition) is 1. The van der Waals surface area contributed by atoms with Gasteiger partial charge in [0.25, 0.3) is 0 Å². The number of nitrogens with two attached hydrogens (primary N) is 1. The summed E-state index contributed by atoms with van der Waals surface area (Å²) in [6, 6.07) is 0.0502. The predicted octanol–water partition coefficient (Wildman–Crippen LogP) is 1.16. The van der Waals surface area contributed by atoms with Gasteiger partial charge in [-0.25, -0.2) is 0 Å². The summed E-state index contributed by atoms with van der Waals surface area (Å²) in [6.45, 7) is 0.387. The summed E-state index contributed by atoms with van der Waals surface area (Å²) in [6.07, 6.45) is -1.26. The molecule has 0 radical (unpaired) electrons. The van der Waals surface area contributed by atoms with E-state index < -0.39 is 12.0 Å². The summed E-state index contributed by atoms with van der Waals surface area (Å²) >= 11 is 0. The zero-order chi connectivity index (χ0) is 15.9. The van der Waals surface area contributed by atoms with Gasteiger partial charge in [-0.05, 0) is 18.8 Å². The van der Waals surface area contributed by atoms with Crippen molar-refractivity contribution in [3.05, 3.63) is 11.6 Å². The Morgan fingerprint density at radius 1 is 1.27 bits per heavy atom. The molecule has 0 saturated heterocycles. The number of aromatic nitrogens is 3. The van der Waals surface area contributed by atoms with Gasteiger partial charge in [-0.3, -0.25) is 4.79 Å². The van der Waals surface area contributed by atoms with Gasteiger partial charge in [0.05, 0.1) is 6.54 Å². The molecule has 0 aromatic carbocycles. The largest absolute Gasteiger partial charge is 0.451 e. The van der Waals surface area contributed by atoms with E-state index >= 15 is 0 Å². The Hall–Kier alpha value is -1.64. The third kappa shape index (κ3) is 2.81. The van der Waals surface area contributed by atoms with Crippen LogP contribution in [0.5, 0.6) is 0 Å². The van der Waals surface area contributed by atoms with E-state index in [1.165, 1.54) is 0 Å². The van der Waals surface area contributed by atoms with Crippen LogP contribution in [-0.2, 0) is 24.1 Å². The molecule has 6 nitrogen and oxygen atoms in total. The van der Waals surface area contributed by atoms with Crippen LogP contribution in [0.25, 0.3) is 0 Å². The fourth-order valence-electron chi connectivity index (χ4n) is 3.25. The number of hydrogen-bond acceptors (Lipinski definition) is 4. The van der Waals surface area contributed by atoms with E-state index in [0.717, 1.165) is 23.8 Å². The lowest BCUT2D eigenvalue weighted by Crippen LogP contribution is -2.41. The number of halogens is 3. The third-order valence-corrected chi connectivity index (χ3v) is 4.51. The molecule has 2 N–H and O–H groups in total. The minimum atomic E-state index is -4.52. The molecule has 9 heteroatoms. The van der Waals surface area contributed by atoms with Crippen LogP contribution >= 0.6 is 0 Å². The van der Waals surface area contributed by atoms with Crippen molar-refractivity contribution in [2.24, 2.45) is 11.7 Å².